The van der Waals surface area contributed by atoms with Gasteiger partial charge in [0.05, 0.1) is 12.1 Å². The molecule has 0 unspecified atom stereocenters. The van der Waals surface area contributed by atoms with Gasteiger partial charge >= 0.3 is 6.18 Å². The minimum Gasteiger partial charge on any atom is -0.322 e. The van der Waals surface area contributed by atoms with Gasteiger partial charge in [0, 0.05) is 17.3 Å². The van der Waals surface area contributed by atoms with E-state index in [1.807, 2.05) is 18.2 Å². The number of aromatic nitrogens is 2. The van der Waals surface area contributed by atoms with E-state index in [2.05, 4.69) is 10.3 Å². The minimum absolute atomic E-state index is 0.142. The lowest BCUT2D eigenvalue weighted by Gasteiger charge is -2.13. The zero-order valence-corrected chi connectivity index (χ0v) is 16.4. The number of hydrogen-bond donors (Lipinski definition) is 1. The lowest BCUT2D eigenvalue weighted by atomic mass is 10.1. The second-order valence-corrected chi connectivity index (χ2v) is 7.00. The molecule has 0 aliphatic rings. The highest BCUT2D eigenvalue weighted by Gasteiger charge is 2.34. The van der Waals surface area contributed by atoms with Crippen LogP contribution in [0, 0.1) is 5.82 Å². The van der Waals surface area contributed by atoms with E-state index in [0.717, 1.165) is 11.6 Å². The number of rotatable bonds is 4. The standard InChI is InChI=1S/C23H15F4N3O2/c24-19-9-8-16(12-18(19)23(25,26)27)29-21(31)17-11-15-7-4-10-28-20(15)30(22(17)32)13-14-5-2-1-3-6-14/h1-12H,13H2,(H,29,31). The van der Waals surface area contributed by atoms with Crippen LogP contribution in [0.2, 0.25) is 0 Å². The van der Waals surface area contributed by atoms with Gasteiger partial charge < -0.3 is 5.32 Å². The summed E-state index contributed by atoms with van der Waals surface area (Å²) < 4.78 is 53.8. The summed E-state index contributed by atoms with van der Waals surface area (Å²) in [4.78, 5) is 30.2. The Hall–Kier alpha value is -4.01. The van der Waals surface area contributed by atoms with Crippen molar-refractivity contribution in [3.05, 3.63) is 106 Å². The number of benzene rings is 2. The Morgan fingerprint density at radius 1 is 1.00 bits per heavy atom. The molecule has 0 saturated carbocycles. The van der Waals surface area contributed by atoms with Gasteiger partial charge in [-0.3, -0.25) is 14.2 Å². The molecule has 1 N–H and O–H groups in total. The van der Waals surface area contributed by atoms with Crippen molar-refractivity contribution >= 4 is 22.6 Å². The minimum atomic E-state index is -4.93. The number of anilines is 1. The fourth-order valence-corrected chi connectivity index (χ4v) is 3.30. The molecule has 0 radical (unpaired) electrons. The van der Waals surface area contributed by atoms with Gasteiger partial charge in [-0.05, 0) is 42.0 Å². The molecule has 0 bridgehead atoms. The lowest BCUT2D eigenvalue weighted by Crippen LogP contribution is -2.30. The Balaban J connectivity index is 1.76. The summed E-state index contributed by atoms with van der Waals surface area (Å²) >= 11 is 0. The summed E-state index contributed by atoms with van der Waals surface area (Å²) in [6, 6.07) is 15.8. The summed E-state index contributed by atoms with van der Waals surface area (Å²) in [6.45, 7) is 0.142. The third-order valence-corrected chi connectivity index (χ3v) is 4.81. The molecule has 0 atom stereocenters. The fourth-order valence-electron chi connectivity index (χ4n) is 3.30. The van der Waals surface area contributed by atoms with Crippen molar-refractivity contribution in [1.29, 1.82) is 0 Å². The van der Waals surface area contributed by atoms with Crippen LogP contribution in [0.4, 0.5) is 23.2 Å². The Morgan fingerprint density at radius 3 is 2.47 bits per heavy atom. The molecule has 0 fully saturated rings. The van der Waals surface area contributed by atoms with Crippen molar-refractivity contribution in [3.8, 4) is 0 Å². The second-order valence-electron chi connectivity index (χ2n) is 7.00. The van der Waals surface area contributed by atoms with Crippen LogP contribution in [0.1, 0.15) is 21.5 Å². The van der Waals surface area contributed by atoms with E-state index in [-0.39, 0.29) is 17.8 Å². The normalized spacial score (nSPS) is 11.5. The van der Waals surface area contributed by atoms with Gasteiger partial charge in [-0.2, -0.15) is 13.2 Å². The first kappa shape index (κ1) is 21.2. The van der Waals surface area contributed by atoms with Crippen molar-refractivity contribution in [2.75, 3.05) is 5.32 Å². The molecule has 5 nitrogen and oxygen atoms in total. The van der Waals surface area contributed by atoms with Gasteiger partial charge in [0.1, 0.15) is 17.0 Å². The Bertz CT molecular complexity index is 1370. The van der Waals surface area contributed by atoms with Crippen LogP contribution in [0.15, 0.2) is 77.7 Å². The molecule has 0 spiro atoms. The number of amides is 1. The Morgan fingerprint density at radius 2 is 1.75 bits per heavy atom. The number of fused-ring (bicyclic) bond motifs is 1. The summed E-state index contributed by atoms with van der Waals surface area (Å²) in [7, 11) is 0. The molecular formula is C23H15F4N3O2. The molecule has 2 aromatic carbocycles. The van der Waals surface area contributed by atoms with E-state index in [1.165, 1.54) is 16.8 Å². The third-order valence-electron chi connectivity index (χ3n) is 4.81. The predicted octanol–water partition coefficient (Wildman–Crippen LogP) is 4.86. The lowest BCUT2D eigenvalue weighted by molar-refractivity contribution is -0.139. The first-order valence-electron chi connectivity index (χ1n) is 9.44. The van der Waals surface area contributed by atoms with Crippen LogP contribution in [-0.4, -0.2) is 15.5 Å². The molecule has 4 rings (SSSR count). The molecule has 0 saturated heterocycles. The van der Waals surface area contributed by atoms with E-state index in [4.69, 9.17) is 0 Å². The van der Waals surface area contributed by atoms with Crippen LogP contribution < -0.4 is 10.9 Å². The topological polar surface area (TPSA) is 64.0 Å². The highest BCUT2D eigenvalue weighted by Crippen LogP contribution is 2.33. The maximum atomic E-state index is 13.5. The molecule has 4 aromatic rings. The zero-order chi connectivity index (χ0) is 22.9. The average Bonchev–Trinajstić information content (AvgIpc) is 2.76. The summed E-state index contributed by atoms with van der Waals surface area (Å²) in [5.41, 5.74) is -1.58. The number of carbonyl (C=O) groups is 1. The van der Waals surface area contributed by atoms with Gasteiger partial charge in [-0.25, -0.2) is 9.37 Å². The molecular weight excluding hydrogens is 426 g/mol. The van der Waals surface area contributed by atoms with Crippen LogP contribution in [-0.2, 0) is 12.7 Å². The number of halogens is 4. The van der Waals surface area contributed by atoms with E-state index >= 15 is 0 Å². The zero-order valence-electron chi connectivity index (χ0n) is 16.4. The molecule has 32 heavy (non-hydrogen) atoms. The molecule has 9 heteroatoms. The quantitative estimate of drug-likeness (QED) is 0.461. The van der Waals surface area contributed by atoms with Gasteiger partial charge in [0.2, 0.25) is 0 Å². The average molecular weight is 441 g/mol. The SMILES string of the molecule is O=C(Nc1ccc(F)c(C(F)(F)F)c1)c1cc2cccnc2n(Cc2ccccc2)c1=O. The molecule has 2 aromatic heterocycles. The molecule has 2 heterocycles. The molecule has 0 aliphatic heterocycles. The summed E-state index contributed by atoms with van der Waals surface area (Å²) in [6.07, 6.45) is -3.41. The van der Waals surface area contributed by atoms with Crippen LogP contribution in [0.5, 0.6) is 0 Å². The maximum Gasteiger partial charge on any atom is 0.419 e. The largest absolute Gasteiger partial charge is 0.419 e. The van der Waals surface area contributed by atoms with E-state index in [1.54, 1.807) is 24.3 Å². The summed E-state index contributed by atoms with van der Waals surface area (Å²) in [5, 5.41) is 2.76. The monoisotopic (exact) mass is 441 g/mol. The van der Waals surface area contributed by atoms with Crippen molar-refractivity contribution < 1.29 is 22.4 Å². The number of carbonyl (C=O) groups excluding carboxylic acids is 1. The first-order chi connectivity index (χ1) is 15.2. The smallest absolute Gasteiger partial charge is 0.322 e. The van der Waals surface area contributed by atoms with Crippen LogP contribution in [0.3, 0.4) is 0 Å². The maximum absolute atomic E-state index is 13.5. The second kappa shape index (κ2) is 8.26. The van der Waals surface area contributed by atoms with Crippen molar-refractivity contribution in [2.24, 2.45) is 0 Å². The predicted molar refractivity (Wildman–Crippen MR) is 111 cm³/mol. The third kappa shape index (κ3) is 4.22. The summed E-state index contributed by atoms with van der Waals surface area (Å²) in [5.74, 6) is -2.38. The fraction of sp³-hybridized carbons (Fsp3) is 0.0870. The van der Waals surface area contributed by atoms with Crippen molar-refractivity contribution in [2.45, 2.75) is 12.7 Å². The number of hydrogen-bond acceptors (Lipinski definition) is 3. The van der Waals surface area contributed by atoms with Crippen molar-refractivity contribution in [1.82, 2.24) is 9.55 Å². The van der Waals surface area contributed by atoms with Gasteiger partial charge in [0.15, 0.2) is 0 Å². The van der Waals surface area contributed by atoms with Gasteiger partial charge in [-0.1, -0.05) is 30.3 Å². The highest BCUT2D eigenvalue weighted by atomic mass is 19.4. The van der Waals surface area contributed by atoms with Crippen LogP contribution >= 0.6 is 0 Å². The van der Waals surface area contributed by atoms with Gasteiger partial charge in [-0.15, -0.1) is 0 Å². The van der Waals surface area contributed by atoms with Crippen molar-refractivity contribution in [3.63, 3.8) is 0 Å². The number of nitrogens with one attached hydrogen (secondary N) is 1. The van der Waals surface area contributed by atoms with E-state index in [0.29, 0.717) is 23.2 Å². The first-order valence-corrected chi connectivity index (χ1v) is 9.44. The van der Waals surface area contributed by atoms with E-state index in [9.17, 15) is 27.2 Å². The number of nitrogens with zero attached hydrogens (tertiary/aromatic N) is 2. The molecule has 0 aliphatic carbocycles. The molecule has 1 amide bonds. The van der Waals surface area contributed by atoms with Gasteiger partial charge in [0.25, 0.3) is 11.5 Å². The number of pyridine rings is 2. The van der Waals surface area contributed by atoms with Crippen LogP contribution in [0.25, 0.3) is 11.0 Å². The molecule has 162 valence electrons. The number of alkyl halides is 3. The highest BCUT2D eigenvalue weighted by molar-refractivity contribution is 6.05. The Kier molecular flexibility index (Phi) is 5.48. The Labute approximate surface area is 179 Å². The van der Waals surface area contributed by atoms with E-state index < -0.39 is 29.0 Å².